The van der Waals surface area contributed by atoms with Crippen molar-refractivity contribution in [1.29, 1.82) is 0 Å². The van der Waals surface area contributed by atoms with Crippen molar-refractivity contribution < 1.29 is 4.79 Å². The Morgan fingerprint density at radius 3 is 2.58 bits per heavy atom. The zero-order valence-electron chi connectivity index (χ0n) is 13.6. The topological polar surface area (TPSA) is 85.6 Å². The number of hydrogen-bond acceptors (Lipinski definition) is 6. The molecule has 0 bridgehead atoms. The van der Waals surface area contributed by atoms with E-state index < -0.39 is 0 Å². The molecule has 7 nitrogen and oxygen atoms in total. The second-order valence-electron chi connectivity index (χ2n) is 5.52. The van der Waals surface area contributed by atoms with Gasteiger partial charge in [0, 0.05) is 11.1 Å². The minimum atomic E-state index is -0.215. The summed E-state index contributed by atoms with van der Waals surface area (Å²) in [5.74, 6) is -0.215. The maximum absolute atomic E-state index is 12.4. The summed E-state index contributed by atoms with van der Waals surface area (Å²) in [4.78, 5) is 16.3. The number of carbonyl (C=O) groups is 1. The van der Waals surface area contributed by atoms with Crippen LogP contribution in [-0.2, 0) is 6.54 Å². The number of aromatic nitrogens is 5. The highest BCUT2D eigenvalue weighted by Gasteiger charge is 2.11. The van der Waals surface area contributed by atoms with Crippen LogP contribution in [0.4, 0.5) is 5.13 Å². The SMILES string of the molecule is O=C(Nc1nnc(-c2ccccc2)s1)c1ccc(Cn2cncn2)cc1. The smallest absolute Gasteiger partial charge is 0.257 e. The minimum Gasteiger partial charge on any atom is -0.296 e. The van der Waals surface area contributed by atoms with E-state index in [9.17, 15) is 4.79 Å². The van der Waals surface area contributed by atoms with E-state index in [2.05, 4.69) is 25.6 Å². The molecule has 8 heteroatoms. The molecule has 0 fully saturated rings. The van der Waals surface area contributed by atoms with Crippen LogP contribution >= 0.6 is 11.3 Å². The van der Waals surface area contributed by atoms with Gasteiger partial charge in [0.2, 0.25) is 5.13 Å². The molecular weight excluding hydrogens is 348 g/mol. The Morgan fingerprint density at radius 2 is 1.85 bits per heavy atom. The van der Waals surface area contributed by atoms with E-state index in [1.807, 2.05) is 42.5 Å². The molecule has 4 rings (SSSR count). The Kier molecular flexibility index (Phi) is 4.48. The van der Waals surface area contributed by atoms with Gasteiger partial charge in [0.05, 0.1) is 6.54 Å². The maximum Gasteiger partial charge on any atom is 0.257 e. The van der Waals surface area contributed by atoms with Crippen LogP contribution in [0.25, 0.3) is 10.6 Å². The van der Waals surface area contributed by atoms with Gasteiger partial charge in [-0.05, 0) is 17.7 Å². The average Bonchev–Trinajstić information content (AvgIpc) is 3.35. The molecule has 1 N–H and O–H groups in total. The van der Waals surface area contributed by atoms with E-state index in [0.29, 0.717) is 17.2 Å². The fourth-order valence-electron chi connectivity index (χ4n) is 2.40. The molecule has 0 radical (unpaired) electrons. The molecule has 128 valence electrons. The molecule has 0 atom stereocenters. The first-order chi connectivity index (χ1) is 12.8. The predicted molar refractivity (Wildman–Crippen MR) is 98.9 cm³/mol. The van der Waals surface area contributed by atoms with Crippen LogP contribution < -0.4 is 5.32 Å². The summed E-state index contributed by atoms with van der Waals surface area (Å²) in [6.45, 7) is 0.610. The van der Waals surface area contributed by atoms with Crippen molar-refractivity contribution in [1.82, 2.24) is 25.0 Å². The van der Waals surface area contributed by atoms with Crippen molar-refractivity contribution in [3.05, 3.63) is 78.4 Å². The fraction of sp³-hybridized carbons (Fsp3) is 0.0556. The average molecular weight is 362 g/mol. The number of nitrogens with zero attached hydrogens (tertiary/aromatic N) is 5. The third-order valence-electron chi connectivity index (χ3n) is 3.69. The van der Waals surface area contributed by atoms with Gasteiger partial charge in [-0.3, -0.25) is 10.1 Å². The molecule has 0 aliphatic carbocycles. The van der Waals surface area contributed by atoms with Crippen LogP contribution in [0.5, 0.6) is 0 Å². The van der Waals surface area contributed by atoms with Gasteiger partial charge < -0.3 is 0 Å². The molecule has 0 aliphatic rings. The van der Waals surface area contributed by atoms with Crippen molar-refractivity contribution in [2.75, 3.05) is 5.32 Å². The zero-order chi connectivity index (χ0) is 17.8. The molecule has 0 saturated carbocycles. The van der Waals surface area contributed by atoms with Crippen molar-refractivity contribution in [3.8, 4) is 10.6 Å². The number of carbonyl (C=O) groups excluding carboxylic acids is 1. The fourth-order valence-corrected chi connectivity index (χ4v) is 3.15. The van der Waals surface area contributed by atoms with E-state index in [1.54, 1.807) is 23.1 Å². The van der Waals surface area contributed by atoms with Gasteiger partial charge >= 0.3 is 0 Å². The van der Waals surface area contributed by atoms with Crippen LogP contribution in [0.3, 0.4) is 0 Å². The lowest BCUT2D eigenvalue weighted by molar-refractivity contribution is 0.102. The summed E-state index contributed by atoms with van der Waals surface area (Å²) in [6.07, 6.45) is 3.15. The maximum atomic E-state index is 12.4. The van der Waals surface area contributed by atoms with Gasteiger partial charge in [0.25, 0.3) is 5.91 Å². The Labute approximate surface area is 153 Å². The molecule has 1 amide bonds. The van der Waals surface area contributed by atoms with Crippen molar-refractivity contribution in [3.63, 3.8) is 0 Å². The van der Waals surface area contributed by atoms with E-state index in [0.717, 1.165) is 16.1 Å². The summed E-state index contributed by atoms with van der Waals surface area (Å²) in [7, 11) is 0. The summed E-state index contributed by atoms with van der Waals surface area (Å²) >= 11 is 1.34. The van der Waals surface area contributed by atoms with Gasteiger partial charge in [-0.1, -0.05) is 53.8 Å². The minimum absolute atomic E-state index is 0.215. The normalized spacial score (nSPS) is 10.6. The summed E-state index contributed by atoms with van der Waals surface area (Å²) < 4.78 is 1.72. The number of nitrogens with one attached hydrogen (secondary N) is 1. The quantitative estimate of drug-likeness (QED) is 0.590. The highest BCUT2D eigenvalue weighted by Crippen LogP contribution is 2.26. The standard InChI is InChI=1S/C18H14N6OS/c25-16(14-8-6-13(7-9-14)10-24-12-19-11-20-24)21-18-23-22-17(26-18)15-4-2-1-3-5-15/h1-9,11-12H,10H2,(H,21,23,25). The highest BCUT2D eigenvalue weighted by atomic mass is 32.1. The van der Waals surface area contributed by atoms with Gasteiger partial charge in [-0.15, -0.1) is 10.2 Å². The molecule has 0 saturated heterocycles. The molecular formula is C18H14N6OS. The molecule has 2 aromatic carbocycles. The largest absolute Gasteiger partial charge is 0.296 e. The van der Waals surface area contributed by atoms with Crippen LogP contribution in [0.1, 0.15) is 15.9 Å². The molecule has 0 spiro atoms. The van der Waals surface area contributed by atoms with Crippen molar-refractivity contribution in [2.45, 2.75) is 6.54 Å². The second kappa shape index (κ2) is 7.24. The summed E-state index contributed by atoms with van der Waals surface area (Å²) in [6, 6.07) is 17.1. The first-order valence-electron chi connectivity index (χ1n) is 7.89. The Morgan fingerprint density at radius 1 is 1.04 bits per heavy atom. The molecule has 0 aliphatic heterocycles. The number of hydrogen-bond donors (Lipinski definition) is 1. The lowest BCUT2D eigenvalue weighted by atomic mass is 10.1. The number of anilines is 1. The molecule has 0 unspecified atom stereocenters. The van der Waals surface area contributed by atoms with Gasteiger partial charge in [0.15, 0.2) is 0 Å². The van der Waals surface area contributed by atoms with Crippen molar-refractivity contribution >= 4 is 22.4 Å². The van der Waals surface area contributed by atoms with Crippen LogP contribution in [-0.4, -0.2) is 30.9 Å². The predicted octanol–water partition coefficient (Wildman–Crippen LogP) is 3.10. The first kappa shape index (κ1) is 16.1. The Hall–Kier alpha value is -3.39. The molecule has 26 heavy (non-hydrogen) atoms. The molecule has 4 aromatic rings. The van der Waals surface area contributed by atoms with Gasteiger partial charge in [0.1, 0.15) is 17.7 Å². The van der Waals surface area contributed by atoms with E-state index in [1.165, 1.54) is 17.7 Å². The number of amides is 1. The Bertz CT molecular complexity index is 996. The summed E-state index contributed by atoms with van der Waals surface area (Å²) in [5.41, 5.74) is 2.57. The van der Waals surface area contributed by atoms with E-state index in [-0.39, 0.29) is 5.91 Å². The van der Waals surface area contributed by atoms with E-state index in [4.69, 9.17) is 0 Å². The number of benzene rings is 2. The van der Waals surface area contributed by atoms with Crippen LogP contribution in [0.15, 0.2) is 67.3 Å². The summed E-state index contributed by atoms with van der Waals surface area (Å²) in [5, 5.41) is 16.3. The van der Waals surface area contributed by atoms with Crippen molar-refractivity contribution in [2.24, 2.45) is 0 Å². The Balaban J connectivity index is 1.42. The molecule has 2 aromatic heterocycles. The lowest BCUT2D eigenvalue weighted by Crippen LogP contribution is -2.11. The third-order valence-corrected chi connectivity index (χ3v) is 4.58. The highest BCUT2D eigenvalue weighted by molar-refractivity contribution is 7.18. The van der Waals surface area contributed by atoms with E-state index >= 15 is 0 Å². The third kappa shape index (κ3) is 3.65. The van der Waals surface area contributed by atoms with Crippen LogP contribution in [0.2, 0.25) is 0 Å². The monoisotopic (exact) mass is 362 g/mol. The second-order valence-corrected chi connectivity index (χ2v) is 6.50. The van der Waals surface area contributed by atoms with Gasteiger partial charge in [-0.25, -0.2) is 9.67 Å². The van der Waals surface area contributed by atoms with Crippen LogP contribution in [0, 0.1) is 0 Å². The lowest BCUT2D eigenvalue weighted by Gasteiger charge is -2.04. The zero-order valence-corrected chi connectivity index (χ0v) is 14.4. The van der Waals surface area contributed by atoms with Gasteiger partial charge in [-0.2, -0.15) is 5.10 Å². The molecule has 2 heterocycles. The number of rotatable bonds is 5. The first-order valence-corrected chi connectivity index (χ1v) is 8.71.